The lowest BCUT2D eigenvalue weighted by molar-refractivity contribution is -0.704. The molecule has 0 unspecified atom stereocenters. The van der Waals surface area contributed by atoms with Crippen LogP contribution in [0, 0.1) is 0 Å². The molecular weight excluding hydrogens is 472 g/mol. The zero-order valence-corrected chi connectivity index (χ0v) is 26.3. The summed E-state index contributed by atoms with van der Waals surface area (Å²) < 4.78 is 5.17. The number of aryl methyl sites for hydroxylation is 3. The maximum atomic E-state index is 2.59. The molecule has 0 atom stereocenters. The van der Waals surface area contributed by atoms with Crippen LogP contribution in [0.1, 0.15) is 166 Å². The van der Waals surface area contributed by atoms with Crippen LogP contribution in [0.25, 0.3) is 0 Å². The summed E-state index contributed by atoms with van der Waals surface area (Å²) in [7, 11) is 0. The van der Waals surface area contributed by atoms with Gasteiger partial charge in [0.1, 0.15) is 12.4 Å². The van der Waals surface area contributed by atoms with Crippen molar-refractivity contribution in [2.75, 3.05) is 0 Å². The molecule has 0 spiro atoms. The maximum Gasteiger partial charge on any atom is 0.256 e. The third-order valence-electron chi connectivity index (χ3n) is 8.55. The fraction of sp³-hybridized carbons (Fsp3) is 0.757. The summed E-state index contributed by atoms with van der Waals surface area (Å²) in [5, 5.41) is 0. The van der Waals surface area contributed by atoms with Gasteiger partial charge in [-0.15, -0.1) is 0 Å². The molecule has 2 rings (SSSR count). The third-order valence-corrected chi connectivity index (χ3v) is 8.55. The fourth-order valence-corrected chi connectivity index (χ4v) is 6.01. The summed E-state index contributed by atoms with van der Waals surface area (Å²) in [6, 6.07) is 11.0. The summed E-state index contributed by atoms with van der Waals surface area (Å²) in [5.41, 5.74) is 1.47. The number of benzene rings is 1. The van der Waals surface area contributed by atoms with Gasteiger partial charge in [-0.25, -0.2) is 9.13 Å². The molecule has 0 amide bonds. The molecule has 2 aromatic rings. The van der Waals surface area contributed by atoms with E-state index < -0.39 is 0 Å². The minimum absolute atomic E-state index is 1.15. The highest BCUT2D eigenvalue weighted by molar-refractivity contribution is 5.14. The Labute approximate surface area is 244 Å². The Bertz CT molecular complexity index is 778. The molecule has 0 aliphatic heterocycles. The SMILES string of the molecule is CCCCCCCCCCCCCCCCc1n(CCCCCCCCC)cc[n+]1CCCc1ccccc1. The minimum Gasteiger partial charge on any atom is -0.234 e. The number of hydrogen-bond donors (Lipinski definition) is 0. The van der Waals surface area contributed by atoms with Crippen LogP contribution in [0.15, 0.2) is 42.7 Å². The number of nitrogens with zero attached hydrogens (tertiary/aromatic N) is 2. The molecule has 0 N–H and O–H groups in total. The molecule has 0 bridgehead atoms. The molecule has 1 aromatic carbocycles. The van der Waals surface area contributed by atoms with Gasteiger partial charge in [-0.2, -0.15) is 0 Å². The lowest BCUT2D eigenvalue weighted by Crippen LogP contribution is -2.37. The first-order chi connectivity index (χ1) is 19.3. The van der Waals surface area contributed by atoms with Crippen LogP contribution in [0.3, 0.4) is 0 Å². The van der Waals surface area contributed by atoms with Crippen LogP contribution in [-0.4, -0.2) is 4.57 Å². The largest absolute Gasteiger partial charge is 0.256 e. The summed E-state index contributed by atoms with van der Waals surface area (Å²) >= 11 is 0. The maximum absolute atomic E-state index is 2.59. The van der Waals surface area contributed by atoms with E-state index in [1.165, 1.54) is 166 Å². The van der Waals surface area contributed by atoms with Crippen molar-refractivity contribution in [3.05, 3.63) is 54.1 Å². The molecule has 39 heavy (non-hydrogen) atoms. The Kier molecular flexibility index (Phi) is 20.9. The van der Waals surface area contributed by atoms with Crippen LogP contribution in [0.4, 0.5) is 0 Å². The molecule has 0 aliphatic carbocycles. The zero-order chi connectivity index (χ0) is 27.6. The van der Waals surface area contributed by atoms with Gasteiger partial charge in [0.25, 0.3) is 5.82 Å². The summed E-state index contributed by atoms with van der Waals surface area (Å²) in [6.07, 6.45) is 38.2. The van der Waals surface area contributed by atoms with Gasteiger partial charge in [0.2, 0.25) is 0 Å². The van der Waals surface area contributed by atoms with Crippen molar-refractivity contribution in [1.82, 2.24) is 4.57 Å². The number of aromatic nitrogens is 2. The molecular formula is C37H65N2+. The van der Waals surface area contributed by atoms with Crippen molar-refractivity contribution in [3.8, 4) is 0 Å². The van der Waals surface area contributed by atoms with Crippen LogP contribution in [0.5, 0.6) is 0 Å². The lowest BCUT2D eigenvalue weighted by Gasteiger charge is -2.07. The molecule has 0 radical (unpaired) electrons. The van der Waals surface area contributed by atoms with E-state index in [2.05, 4.69) is 65.7 Å². The highest BCUT2D eigenvalue weighted by Gasteiger charge is 2.16. The molecule has 1 heterocycles. The third kappa shape index (κ3) is 17.0. The van der Waals surface area contributed by atoms with Gasteiger partial charge >= 0.3 is 0 Å². The predicted molar refractivity (Wildman–Crippen MR) is 171 cm³/mol. The van der Waals surface area contributed by atoms with Gasteiger partial charge in [-0.05, 0) is 37.7 Å². The first-order valence-electron chi connectivity index (χ1n) is 17.5. The summed E-state index contributed by atoms with van der Waals surface area (Å²) in [5.74, 6) is 1.58. The van der Waals surface area contributed by atoms with Crippen molar-refractivity contribution >= 4 is 0 Å². The molecule has 0 aliphatic rings. The van der Waals surface area contributed by atoms with Crippen LogP contribution < -0.4 is 4.57 Å². The Balaban J connectivity index is 1.65. The van der Waals surface area contributed by atoms with Crippen LogP contribution in [0.2, 0.25) is 0 Å². The van der Waals surface area contributed by atoms with E-state index >= 15 is 0 Å². The standard InChI is InChI=1S/C37H65N2/c1-3-5-7-9-11-12-13-14-15-16-17-18-20-25-31-37-38(32-26-21-19-10-8-6-4-2)34-35-39(37)33-27-30-36-28-23-22-24-29-36/h22-24,28-29,34-35H,3-21,25-27,30-33H2,1-2H3/q+1. The number of rotatable bonds is 27. The van der Waals surface area contributed by atoms with Crippen LogP contribution >= 0.6 is 0 Å². The van der Waals surface area contributed by atoms with Crippen molar-refractivity contribution < 1.29 is 4.57 Å². The Hall–Kier alpha value is -1.57. The molecule has 0 fully saturated rings. The first kappa shape index (κ1) is 33.6. The van der Waals surface area contributed by atoms with E-state index in [1.807, 2.05) is 0 Å². The quantitative estimate of drug-likeness (QED) is 0.0791. The van der Waals surface area contributed by atoms with E-state index in [9.17, 15) is 0 Å². The first-order valence-corrected chi connectivity index (χ1v) is 17.5. The topological polar surface area (TPSA) is 8.81 Å². The van der Waals surface area contributed by atoms with Crippen molar-refractivity contribution in [2.24, 2.45) is 0 Å². The molecule has 2 heteroatoms. The summed E-state index contributed by atoms with van der Waals surface area (Å²) in [4.78, 5) is 0. The van der Waals surface area contributed by atoms with E-state index in [1.54, 1.807) is 5.82 Å². The minimum atomic E-state index is 1.15. The second kappa shape index (κ2) is 24.2. The highest BCUT2D eigenvalue weighted by Crippen LogP contribution is 2.15. The molecule has 0 saturated carbocycles. The molecule has 0 saturated heterocycles. The second-order valence-corrected chi connectivity index (χ2v) is 12.2. The number of unbranched alkanes of at least 4 members (excludes halogenated alkanes) is 19. The van der Waals surface area contributed by atoms with Crippen molar-refractivity contribution in [1.29, 1.82) is 0 Å². The average Bonchev–Trinajstić information content (AvgIpc) is 3.34. The van der Waals surface area contributed by atoms with Gasteiger partial charge in [0.05, 0.1) is 13.1 Å². The van der Waals surface area contributed by atoms with Crippen LogP contribution in [-0.2, 0) is 25.9 Å². The van der Waals surface area contributed by atoms with Gasteiger partial charge in [0.15, 0.2) is 0 Å². The molecule has 1 aromatic heterocycles. The Morgan fingerprint density at radius 2 is 1.00 bits per heavy atom. The van der Waals surface area contributed by atoms with Gasteiger partial charge in [0, 0.05) is 6.42 Å². The van der Waals surface area contributed by atoms with E-state index in [4.69, 9.17) is 0 Å². The van der Waals surface area contributed by atoms with Crippen molar-refractivity contribution in [3.63, 3.8) is 0 Å². The fourth-order valence-electron chi connectivity index (χ4n) is 6.01. The van der Waals surface area contributed by atoms with E-state index in [-0.39, 0.29) is 0 Å². The van der Waals surface area contributed by atoms with Gasteiger partial charge < -0.3 is 0 Å². The number of hydrogen-bond acceptors (Lipinski definition) is 0. The van der Waals surface area contributed by atoms with Gasteiger partial charge in [-0.3, -0.25) is 0 Å². The zero-order valence-electron chi connectivity index (χ0n) is 26.3. The van der Waals surface area contributed by atoms with Gasteiger partial charge in [-0.1, -0.05) is 160 Å². The second-order valence-electron chi connectivity index (χ2n) is 12.2. The molecule has 2 nitrogen and oxygen atoms in total. The van der Waals surface area contributed by atoms with E-state index in [0.717, 1.165) is 6.54 Å². The van der Waals surface area contributed by atoms with Crippen molar-refractivity contribution in [2.45, 2.75) is 181 Å². The summed E-state index contributed by atoms with van der Waals surface area (Å²) in [6.45, 7) is 6.96. The van der Waals surface area contributed by atoms with E-state index in [0.29, 0.717) is 0 Å². The molecule has 222 valence electrons. The average molecular weight is 538 g/mol. The number of imidazole rings is 1. The highest BCUT2D eigenvalue weighted by atomic mass is 15.1. The smallest absolute Gasteiger partial charge is 0.234 e. The Morgan fingerprint density at radius 3 is 1.54 bits per heavy atom. The lowest BCUT2D eigenvalue weighted by atomic mass is 10.0. The monoisotopic (exact) mass is 538 g/mol. The predicted octanol–water partition coefficient (Wildman–Crippen LogP) is 11.2. The normalized spacial score (nSPS) is 11.4. The Morgan fingerprint density at radius 1 is 0.513 bits per heavy atom.